The minimum Gasteiger partial charge on any atom is -0.364 e. The predicted octanol–water partition coefficient (Wildman–Crippen LogP) is 6.99. The van der Waals surface area contributed by atoms with Gasteiger partial charge in [-0.2, -0.15) is 0 Å². The molecule has 4 rings (SSSR count). The van der Waals surface area contributed by atoms with Crippen LogP contribution in [0.3, 0.4) is 0 Å². The number of nitrogens with zero attached hydrogens (tertiary/aromatic N) is 2. The molecule has 0 aliphatic carbocycles. The topological polar surface area (TPSA) is 6.48 Å². The molecule has 1 atom stereocenters. The van der Waals surface area contributed by atoms with Gasteiger partial charge in [0.25, 0.3) is 0 Å². The summed E-state index contributed by atoms with van der Waals surface area (Å²) in [6, 6.07) is 18.0. The van der Waals surface area contributed by atoms with Crippen molar-refractivity contribution in [2.24, 2.45) is 0 Å². The third-order valence-corrected chi connectivity index (χ3v) is 7.21. The van der Waals surface area contributed by atoms with E-state index < -0.39 is 0 Å². The van der Waals surface area contributed by atoms with E-state index in [0.717, 1.165) is 13.1 Å². The molecule has 0 radical (unpaired) electrons. The smallest absolute Gasteiger partial charge is 0.0568 e. The SMILES string of the molecule is CCN1C(=CC=CC=CC2N(CC)c3ccccc3C2(C)C)C(C)(C)c2ccccc21. The van der Waals surface area contributed by atoms with Gasteiger partial charge in [-0.3, -0.25) is 0 Å². The Morgan fingerprint density at radius 1 is 0.774 bits per heavy atom. The lowest BCUT2D eigenvalue weighted by molar-refractivity contribution is 0.478. The predicted molar refractivity (Wildman–Crippen MR) is 135 cm³/mol. The van der Waals surface area contributed by atoms with Gasteiger partial charge in [0.05, 0.1) is 6.04 Å². The molecule has 1 unspecified atom stereocenters. The van der Waals surface area contributed by atoms with Crippen LogP contribution in [0.25, 0.3) is 0 Å². The molecule has 0 N–H and O–H groups in total. The average Bonchev–Trinajstić information content (AvgIpc) is 3.12. The summed E-state index contributed by atoms with van der Waals surface area (Å²) in [5.74, 6) is 0. The first-order valence-corrected chi connectivity index (χ1v) is 11.6. The molecule has 2 heteroatoms. The van der Waals surface area contributed by atoms with Crippen molar-refractivity contribution in [2.45, 2.75) is 58.4 Å². The summed E-state index contributed by atoms with van der Waals surface area (Å²) in [5, 5.41) is 0. The van der Waals surface area contributed by atoms with Crippen LogP contribution >= 0.6 is 0 Å². The molecule has 0 spiro atoms. The summed E-state index contributed by atoms with van der Waals surface area (Å²) in [6.07, 6.45) is 11.3. The third kappa shape index (κ3) is 3.43. The molecule has 2 aromatic carbocycles. The normalized spacial score (nSPS) is 22.6. The van der Waals surface area contributed by atoms with E-state index in [1.807, 2.05) is 0 Å². The highest BCUT2D eigenvalue weighted by molar-refractivity contribution is 5.70. The highest BCUT2D eigenvalue weighted by Crippen LogP contribution is 2.47. The second kappa shape index (κ2) is 8.07. The van der Waals surface area contributed by atoms with Gasteiger partial charge >= 0.3 is 0 Å². The molecular formula is C29H36N2. The largest absolute Gasteiger partial charge is 0.364 e. The number of allylic oxidation sites excluding steroid dienone is 5. The van der Waals surface area contributed by atoms with Crippen LogP contribution in [0.2, 0.25) is 0 Å². The lowest BCUT2D eigenvalue weighted by atomic mass is 9.80. The highest BCUT2D eigenvalue weighted by atomic mass is 15.2. The van der Waals surface area contributed by atoms with E-state index in [9.17, 15) is 0 Å². The Morgan fingerprint density at radius 3 is 2.10 bits per heavy atom. The van der Waals surface area contributed by atoms with Crippen LogP contribution < -0.4 is 9.80 Å². The van der Waals surface area contributed by atoms with E-state index in [0.29, 0.717) is 6.04 Å². The van der Waals surface area contributed by atoms with Crippen molar-refractivity contribution >= 4 is 11.4 Å². The Hall–Kier alpha value is -2.74. The molecule has 2 heterocycles. The van der Waals surface area contributed by atoms with E-state index in [1.54, 1.807) is 0 Å². The number of hydrogen-bond donors (Lipinski definition) is 0. The average molecular weight is 413 g/mol. The molecule has 0 amide bonds. The highest BCUT2D eigenvalue weighted by Gasteiger charge is 2.42. The Balaban J connectivity index is 1.56. The number of benzene rings is 2. The third-order valence-electron chi connectivity index (χ3n) is 7.21. The number of anilines is 2. The van der Waals surface area contributed by atoms with E-state index in [1.165, 1.54) is 28.2 Å². The van der Waals surface area contributed by atoms with Crippen molar-refractivity contribution in [3.05, 3.63) is 95.7 Å². The van der Waals surface area contributed by atoms with Gasteiger partial charge in [-0.05, 0) is 43.2 Å². The number of para-hydroxylation sites is 2. The van der Waals surface area contributed by atoms with Crippen LogP contribution in [-0.4, -0.2) is 19.1 Å². The molecule has 2 aliphatic heterocycles. The fraction of sp³-hybridized carbons (Fsp3) is 0.379. The van der Waals surface area contributed by atoms with Gasteiger partial charge in [0.1, 0.15) is 0 Å². The fourth-order valence-electron chi connectivity index (χ4n) is 5.54. The second-order valence-electron chi connectivity index (χ2n) is 9.68. The number of hydrogen-bond acceptors (Lipinski definition) is 2. The maximum atomic E-state index is 2.52. The van der Waals surface area contributed by atoms with E-state index in [-0.39, 0.29) is 10.8 Å². The van der Waals surface area contributed by atoms with Crippen LogP contribution in [0.4, 0.5) is 11.4 Å². The molecule has 2 aliphatic rings. The molecule has 0 bridgehead atoms. The van der Waals surface area contributed by atoms with Crippen LogP contribution in [0.15, 0.2) is 84.6 Å². The monoisotopic (exact) mass is 412 g/mol. The van der Waals surface area contributed by atoms with E-state index >= 15 is 0 Å². The molecule has 2 aromatic rings. The first-order valence-electron chi connectivity index (χ1n) is 11.6. The van der Waals surface area contributed by atoms with Crippen molar-refractivity contribution in [3.8, 4) is 0 Å². The lowest BCUT2D eigenvalue weighted by Gasteiger charge is -2.31. The Morgan fingerprint density at radius 2 is 1.42 bits per heavy atom. The molecule has 0 aromatic heterocycles. The number of rotatable bonds is 5. The zero-order valence-electron chi connectivity index (χ0n) is 19.9. The van der Waals surface area contributed by atoms with Crippen molar-refractivity contribution in [3.63, 3.8) is 0 Å². The Bertz CT molecular complexity index is 1040. The van der Waals surface area contributed by atoms with Gasteiger partial charge in [-0.25, -0.2) is 0 Å². The van der Waals surface area contributed by atoms with Crippen molar-refractivity contribution in [2.75, 3.05) is 22.9 Å². The lowest BCUT2D eigenvalue weighted by Crippen LogP contribution is -2.39. The standard InChI is InChI=1S/C29H36N2/c1-7-30-24-18-14-12-16-22(24)28(3,4)26(30)20-10-9-11-21-27-29(5,6)23-17-13-15-19-25(23)31(27)8-2/h9-21,26H,7-8H2,1-6H3. The summed E-state index contributed by atoms with van der Waals surface area (Å²) in [7, 11) is 0. The minimum atomic E-state index is 0.0226. The summed E-state index contributed by atoms with van der Waals surface area (Å²) in [4.78, 5) is 4.96. The molecule has 162 valence electrons. The van der Waals surface area contributed by atoms with Gasteiger partial charge in [0.2, 0.25) is 0 Å². The Labute approximate surface area is 188 Å². The van der Waals surface area contributed by atoms with Crippen LogP contribution in [-0.2, 0) is 10.8 Å². The van der Waals surface area contributed by atoms with Gasteiger partial charge in [-0.1, -0.05) is 88.4 Å². The van der Waals surface area contributed by atoms with E-state index in [4.69, 9.17) is 0 Å². The van der Waals surface area contributed by atoms with Crippen molar-refractivity contribution in [1.29, 1.82) is 0 Å². The maximum absolute atomic E-state index is 2.52. The summed E-state index contributed by atoms with van der Waals surface area (Å²) >= 11 is 0. The van der Waals surface area contributed by atoms with Crippen LogP contribution in [0.5, 0.6) is 0 Å². The fourth-order valence-corrected chi connectivity index (χ4v) is 5.54. The van der Waals surface area contributed by atoms with Gasteiger partial charge < -0.3 is 9.80 Å². The second-order valence-corrected chi connectivity index (χ2v) is 9.68. The Kier molecular flexibility index (Phi) is 5.60. The quantitative estimate of drug-likeness (QED) is 0.488. The molecule has 0 fully saturated rings. The zero-order chi connectivity index (χ0) is 22.2. The van der Waals surface area contributed by atoms with Crippen LogP contribution in [0, 0.1) is 0 Å². The molecule has 0 saturated heterocycles. The molecule has 2 nitrogen and oxygen atoms in total. The number of likely N-dealkylation sites (N-methyl/N-ethyl adjacent to an activating group) is 2. The molecule has 31 heavy (non-hydrogen) atoms. The van der Waals surface area contributed by atoms with Crippen molar-refractivity contribution < 1.29 is 0 Å². The zero-order valence-corrected chi connectivity index (χ0v) is 19.9. The van der Waals surface area contributed by atoms with Crippen molar-refractivity contribution in [1.82, 2.24) is 0 Å². The summed E-state index contributed by atoms with van der Waals surface area (Å²) < 4.78 is 0. The molecule has 0 saturated carbocycles. The van der Waals surface area contributed by atoms with Gasteiger partial charge in [-0.15, -0.1) is 0 Å². The maximum Gasteiger partial charge on any atom is 0.0568 e. The first-order chi connectivity index (χ1) is 14.8. The van der Waals surface area contributed by atoms with Crippen LogP contribution in [0.1, 0.15) is 52.7 Å². The van der Waals surface area contributed by atoms with Gasteiger partial charge in [0.15, 0.2) is 0 Å². The molecular weight excluding hydrogens is 376 g/mol. The number of fused-ring (bicyclic) bond motifs is 2. The first kappa shape index (κ1) is 21.5. The van der Waals surface area contributed by atoms with Gasteiger partial charge in [0, 0.05) is 41.0 Å². The minimum absolute atomic E-state index is 0.0226. The van der Waals surface area contributed by atoms with E-state index in [2.05, 4.69) is 130 Å². The summed E-state index contributed by atoms with van der Waals surface area (Å²) in [6.45, 7) is 15.9. The summed E-state index contributed by atoms with van der Waals surface area (Å²) in [5.41, 5.74) is 7.06.